The Morgan fingerprint density at radius 2 is 1.83 bits per heavy atom. The molecule has 1 amide bonds. The molecular weight excluding hydrogens is 254 g/mol. The van der Waals surface area contributed by atoms with E-state index in [4.69, 9.17) is 0 Å². The summed E-state index contributed by atoms with van der Waals surface area (Å²) in [5.74, 6) is -0.254. The molecule has 1 N–H and O–H groups in total. The van der Waals surface area contributed by atoms with Gasteiger partial charge in [-0.05, 0) is 31.2 Å². The molecule has 6 heteroatoms. The summed E-state index contributed by atoms with van der Waals surface area (Å²) in [6.07, 6.45) is 0.512. The van der Waals surface area contributed by atoms with E-state index in [1.54, 1.807) is 14.0 Å². The first-order chi connectivity index (χ1) is 8.21. The molecule has 1 atom stereocenters. The van der Waals surface area contributed by atoms with E-state index >= 15 is 0 Å². The lowest BCUT2D eigenvalue weighted by Gasteiger charge is -2.18. The van der Waals surface area contributed by atoms with Crippen molar-refractivity contribution in [1.82, 2.24) is 4.90 Å². The highest BCUT2D eigenvalue weighted by Gasteiger charge is 2.14. The Balaban J connectivity index is 2.89. The molecule has 100 valence electrons. The molecule has 0 aromatic heterocycles. The highest BCUT2D eigenvalue weighted by atomic mass is 32.2. The van der Waals surface area contributed by atoms with Crippen molar-refractivity contribution in [2.45, 2.75) is 17.9 Å². The number of amides is 1. The third-order valence-electron chi connectivity index (χ3n) is 2.41. The number of carbonyl (C=O) groups is 1. The maximum Gasteiger partial charge on any atom is 0.253 e. The predicted molar refractivity (Wildman–Crippen MR) is 68.2 cm³/mol. The van der Waals surface area contributed by atoms with Crippen molar-refractivity contribution in [3.05, 3.63) is 29.8 Å². The van der Waals surface area contributed by atoms with E-state index < -0.39 is 15.9 Å². The van der Waals surface area contributed by atoms with Crippen molar-refractivity contribution in [2.75, 3.05) is 19.8 Å². The molecule has 1 aromatic rings. The fourth-order valence-electron chi connectivity index (χ4n) is 1.54. The molecule has 18 heavy (non-hydrogen) atoms. The molecule has 0 aliphatic rings. The van der Waals surface area contributed by atoms with Gasteiger partial charge in [-0.25, -0.2) is 8.42 Å². The first-order valence-electron chi connectivity index (χ1n) is 5.45. The minimum Gasteiger partial charge on any atom is -0.392 e. The van der Waals surface area contributed by atoms with Gasteiger partial charge in [-0.1, -0.05) is 0 Å². The number of hydrogen-bond acceptors (Lipinski definition) is 4. The minimum absolute atomic E-state index is 0.178. The van der Waals surface area contributed by atoms with Crippen LogP contribution in [0.3, 0.4) is 0 Å². The molecule has 1 aromatic carbocycles. The summed E-state index contributed by atoms with van der Waals surface area (Å²) in [5.41, 5.74) is 0.394. The SMILES string of the molecule is CC(O)CN(C)C(=O)c1ccc(S(C)(=O)=O)cc1. The van der Waals surface area contributed by atoms with Crippen molar-refractivity contribution in [2.24, 2.45) is 0 Å². The van der Waals surface area contributed by atoms with Crippen LogP contribution in [0.1, 0.15) is 17.3 Å². The van der Waals surface area contributed by atoms with Crippen molar-refractivity contribution >= 4 is 15.7 Å². The molecule has 0 radical (unpaired) electrons. The number of carbonyl (C=O) groups excluding carboxylic acids is 1. The molecule has 0 bridgehead atoms. The Morgan fingerprint density at radius 3 is 2.22 bits per heavy atom. The Labute approximate surface area is 107 Å². The average molecular weight is 271 g/mol. The molecule has 0 saturated heterocycles. The summed E-state index contributed by atoms with van der Waals surface area (Å²) in [6, 6.07) is 5.74. The van der Waals surface area contributed by atoms with Crippen LogP contribution in [-0.2, 0) is 9.84 Å². The number of likely N-dealkylation sites (N-methyl/N-ethyl adjacent to an activating group) is 1. The van der Waals surface area contributed by atoms with Gasteiger partial charge in [0.1, 0.15) is 0 Å². The van der Waals surface area contributed by atoms with Crippen LogP contribution < -0.4 is 0 Å². The number of aliphatic hydroxyl groups excluding tert-OH is 1. The maximum absolute atomic E-state index is 11.9. The summed E-state index contributed by atoms with van der Waals surface area (Å²) in [5, 5.41) is 9.20. The summed E-state index contributed by atoms with van der Waals surface area (Å²) in [7, 11) is -1.67. The number of aliphatic hydroxyl groups is 1. The predicted octanol–water partition coefficient (Wildman–Crippen LogP) is 0.543. The molecular formula is C12H17NO4S. The lowest BCUT2D eigenvalue weighted by atomic mass is 10.2. The van der Waals surface area contributed by atoms with Crippen LogP contribution >= 0.6 is 0 Å². The highest BCUT2D eigenvalue weighted by molar-refractivity contribution is 7.90. The molecule has 0 fully saturated rings. The fourth-order valence-corrected chi connectivity index (χ4v) is 2.17. The lowest BCUT2D eigenvalue weighted by molar-refractivity contribution is 0.0703. The standard InChI is InChI=1S/C12H17NO4S/c1-9(14)8-13(2)12(15)10-4-6-11(7-5-10)18(3,16)17/h4-7,9,14H,8H2,1-3H3. The van der Waals surface area contributed by atoms with E-state index in [1.165, 1.54) is 29.2 Å². The van der Waals surface area contributed by atoms with Crippen molar-refractivity contribution in [3.8, 4) is 0 Å². The van der Waals surface area contributed by atoms with Gasteiger partial charge in [0.25, 0.3) is 5.91 Å². The number of hydrogen-bond donors (Lipinski definition) is 1. The van der Waals surface area contributed by atoms with Crippen LogP contribution in [0.25, 0.3) is 0 Å². The minimum atomic E-state index is -3.25. The van der Waals surface area contributed by atoms with Gasteiger partial charge in [-0.2, -0.15) is 0 Å². The van der Waals surface area contributed by atoms with Gasteiger partial charge < -0.3 is 10.0 Å². The summed E-state index contributed by atoms with van der Waals surface area (Å²) >= 11 is 0. The van der Waals surface area contributed by atoms with Gasteiger partial charge in [0, 0.05) is 25.4 Å². The second kappa shape index (κ2) is 5.49. The largest absolute Gasteiger partial charge is 0.392 e. The quantitative estimate of drug-likeness (QED) is 0.867. The second-order valence-corrected chi connectivity index (χ2v) is 6.35. The molecule has 0 heterocycles. The zero-order chi connectivity index (χ0) is 13.9. The van der Waals surface area contributed by atoms with Gasteiger partial charge >= 0.3 is 0 Å². The molecule has 1 unspecified atom stereocenters. The number of nitrogens with zero attached hydrogens (tertiary/aromatic N) is 1. The highest BCUT2D eigenvalue weighted by Crippen LogP contribution is 2.11. The van der Waals surface area contributed by atoms with Crippen molar-refractivity contribution in [3.63, 3.8) is 0 Å². The van der Waals surface area contributed by atoms with Gasteiger partial charge in [0.2, 0.25) is 0 Å². The molecule has 0 saturated carbocycles. The third-order valence-corrected chi connectivity index (χ3v) is 3.54. The maximum atomic E-state index is 11.9. The van der Waals surface area contributed by atoms with Crippen LogP contribution in [0.2, 0.25) is 0 Å². The van der Waals surface area contributed by atoms with E-state index in [0.717, 1.165) is 6.26 Å². The Bertz CT molecular complexity index is 520. The van der Waals surface area contributed by atoms with E-state index in [0.29, 0.717) is 5.56 Å². The lowest BCUT2D eigenvalue weighted by Crippen LogP contribution is -2.33. The van der Waals surface area contributed by atoms with Gasteiger partial charge in [0.05, 0.1) is 11.0 Å². The number of rotatable bonds is 4. The van der Waals surface area contributed by atoms with E-state index in [-0.39, 0.29) is 17.3 Å². The average Bonchev–Trinajstić information content (AvgIpc) is 2.26. The zero-order valence-electron chi connectivity index (χ0n) is 10.6. The molecule has 0 aliphatic heterocycles. The Hall–Kier alpha value is -1.40. The topological polar surface area (TPSA) is 74.7 Å². The number of benzene rings is 1. The summed E-state index contributed by atoms with van der Waals surface area (Å²) in [6.45, 7) is 1.82. The van der Waals surface area contributed by atoms with Gasteiger partial charge in [-0.15, -0.1) is 0 Å². The van der Waals surface area contributed by atoms with Crippen molar-refractivity contribution < 1.29 is 18.3 Å². The van der Waals surface area contributed by atoms with Crippen LogP contribution in [0.5, 0.6) is 0 Å². The smallest absolute Gasteiger partial charge is 0.253 e. The normalized spacial score (nSPS) is 13.1. The second-order valence-electron chi connectivity index (χ2n) is 4.33. The molecule has 0 spiro atoms. The van der Waals surface area contributed by atoms with E-state index in [1.807, 2.05) is 0 Å². The van der Waals surface area contributed by atoms with E-state index in [2.05, 4.69) is 0 Å². The first-order valence-corrected chi connectivity index (χ1v) is 7.34. The third kappa shape index (κ3) is 3.82. The monoisotopic (exact) mass is 271 g/mol. The zero-order valence-corrected chi connectivity index (χ0v) is 11.4. The van der Waals surface area contributed by atoms with Crippen LogP contribution in [-0.4, -0.2) is 50.3 Å². The Kier molecular flexibility index (Phi) is 4.48. The molecule has 0 aliphatic carbocycles. The van der Waals surface area contributed by atoms with Gasteiger partial charge in [0.15, 0.2) is 9.84 Å². The summed E-state index contributed by atoms with van der Waals surface area (Å²) < 4.78 is 22.5. The van der Waals surface area contributed by atoms with E-state index in [9.17, 15) is 18.3 Å². The summed E-state index contributed by atoms with van der Waals surface area (Å²) in [4.78, 5) is 13.5. The number of sulfone groups is 1. The van der Waals surface area contributed by atoms with Crippen LogP contribution in [0.4, 0.5) is 0 Å². The van der Waals surface area contributed by atoms with Crippen LogP contribution in [0, 0.1) is 0 Å². The van der Waals surface area contributed by atoms with Gasteiger partial charge in [-0.3, -0.25) is 4.79 Å². The van der Waals surface area contributed by atoms with Crippen molar-refractivity contribution in [1.29, 1.82) is 0 Å². The Morgan fingerprint density at radius 1 is 1.33 bits per heavy atom. The fraction of sp³-hybridized carbons (Fsp3) is 0.417. The molecule has 5 nitrogen and oxygen atoms in total. The van der Waals surface area contributed by atoms with Crippen LogP contribution in [0.15, 0.2) is 29.2 Å². The molecule has 1 rings (SSSR count). The first kappa shape index (κ1) is 14.7.